The van der Waals surface area contributed by atoms with Gasteiger partial charge in [0.05, 0.1) is 5.56 Å². The second-order valence-electron chi connectivity index (χ2n) is 3.65. The van der Waals surface area contributed by atoms with Gasteiger partial charge in [0.25, 0.3) is 5.91 Å². The highest BCUT2D eigenvalue weighted by molar-refractivity contribution is 9.10. The summed E-state index contributed by atoms with van der Waals surface area (Å²) < 4.78 is 14.0. The van der Waals surface area contributed by atoms with Gasteiger partial charge in [0.15, 0.2) is 0 Å². The first kappa shape index (κ1) is 14.6. The van der Waals surface area contributed by atoms with Crippen molar-refractivity contribution in [3.8, 4) is 0 Å². The van der Waals surface area contributed by atoms with Crippen LogP contribution in [0.3, 0.4) is 0 Å². The van der Waals surface area contributed by atoms with Gasteiger partial charge >= 0.3 is 0 Å². The van der Waals surface area contributed by atoms with E-state index in [4.69, 9.17) is 0 Å². The van der Waals surface area contributed by atoms with Crippen molar-refractivity contribution in [1.29, 1.82) is 0 Å². The molecule has 1 aromatic rings. The van der Waals surface area contributed by atoms with E-state index in [0.717, 1.165) is 18.2 Å². The lowest BCUT2D eigenvalue weighted by molar-refractivity contribution is 0.0930. The molecule has 0 heterocycles. The molecular weight excluding hydrogens is 353 g/mol. The summed E-state index contributed by atoms with van der Waals surface area (Å²) in [5.41, 5.74) is 0.0699. The maximum Gasteiger partial charge on any atom is 0.255 e. The molecule has 0 aromatic heterocycles. The Morgan fingerprint density at radius 3 is 2.76 bits per heavy atom. The number of carbonyl (C=O) groups excluding carboxylic acids is 1. The summed E-state index contributed by atoms with van der Waals surface area (Å²) in [6, 6.07) is 4.56. The fraction of sp³-hybridized carbons (Fsp3) is 0.417. The van der Waals surface area contributed by atoms with E-state index in [9.17, 15) is 9.18 Å². The third-order valence-electron chi connectivity index (χ3n) is 2.48. The van der Waals surface area contributed by atoms with Gasteiger partial charge in [-0.15, -0.1) is 0 Å². The van der Waals surface area contributed by atoms with Crippen LogP contribution < -0.4 is 5.32 Å². The highest BCUT2D eigenvalue weighted by Crippen LogP contribution is 2.19. The van der Waals surface area contributed by atoms with E-state index in [-0.39, 0.29) is 17.5 Å². The van der Waals surface area contributed by atoms with Crippen LogP contribution in [0.4, 0.5) is 4.39 Å². The Bertz CT molecular complexity index is 378. The molecule has 0 aliphatic rings. The van der Waals surface area contributed by atoms with Crippen LogP contribution in [0.5, 0.6) is 0 Å². The number of nitrogens with one attached hydrogen (secondary N) is 1. The van der Waals surface area contributed by atoms with Crippen LogP contribution in [0.1, 0.15) is 30.1 Å². The minimum absolute atomic E-state index is 0.0633. The van der Waals surface area contributed by atoms with Crippen molar-refractivity contribution in [3.63, 3.8) is 0 Å². The van der Waals surface area contributed by atoms with Crippen molar-refractivity contribution in [2.45, 2.75) is 25.8 Å². The normalized spacial score (nSPS) is 12.2. The second-order valence-corrected chi connectivity index (χ2v) is 5.30. The van der Waals surface area contributed by atoms with E-state index in [1.807, 2.05) is 6.92 Å². The molecule has 0 saturated carbocycles. The maximum absolute atomic E-state index is 13.5. The minimum Gasteiger partial charge on any atom is -0.349 e. The predicted octanol–water partition coefficient (Wildman–Crippen LogP) is 3.88. The number of rotatable bonds is 5. The van der Waals surface area contributed by atoms with Gasteiger partial charge < -0.3 is 5.32 Å². The van der Waals surface area contributed by atoms with Crippen LogP contribution in [0.25, 0.3) is 0 Å². The molecule has 0 aliphatic carbocycles. The molecule has 1 N–H and O–H groups in total. The molecule has 2 nitrogen and oxygen atoms in total. The number of benzene rings is 1. The summed E-state index contributed by atoms with van der Waals surface area (Å²) in [5, 5.41) is 3.64. The van der Waals surface area contributed by atoms with E-state index in [1.165, 1.54) is 6.07 Å². The summed E-state index contributed by atoms with van der Waals surface area (Å²) in [7, 11) is 0. The summed E-state index contributed by atoms with van der Waals surface area (Å²) in [6.07, 6.45) is 1.65. The molecule has 0 bridgehead atoms. The lowest BCUT2D eigenvalue weighted by Crippen LogP contribution is -2.35. The molecule has 0 fully saturated rings. The zero-order valence-corrected chi connectivity index (χ0v) is 12.6. The highest BCUT2D eigenvalue weighted by atomic mass is 79.9. The summed E-state index contributed by atoms with van der Waals surface area (Å²) in [5.74, 6) is -0.881. The third kappa shape index (κ3) is 4.07. The van der Waals surface area contributed by atoms with Crippen molar-refractivity contribution in [2.24, 2.45) is 0 Å². The van der Waals surface area contributed by atoms with Gasteiger partial charge in [0, 0.05) is 15.8 Å². The minimum atomic E-state index is -0.509. The first-order chi connectivity index (χ1) is 8.10. The van der Waals surface area contributed by atoms with E-state index in [1.54, 1.807) is 12.1 Å². The largest absolute Gasteiger partial charge is 0.349 e. The molecule has 0 radical (unpaired) electrons. The van der Waals surface area contributed by atoms with Crippen molar-refractivity contribution in [3.05, 3.63) is 34.1 Å². The Morgan fingerprint density at radius 2 is 2.24 bits per heavy atom. The summed E-state index contributed by atoms with van der Waals surface area (Å²) >= 11 is 6.52. The first-order valence-electron chi connectivity index (χ1n) is 5.41. The number of halogens is 3. The quantitative estimate of drug-likeness (QED) is 0.787. The van der Waals surface area contributed by atoms with Gasteiger partial charge in [0.1, 0.15) is 5.82 Å². The smallest absolute Gasteiger partial charge is 0.255 e. The van der Waals surface area contributed by atoms with Crippen LogP contribution in [0, 0.1) is 5.82 Å². The fourth-order valence-corrected chi connectivity index (χ4v) is 2.56. The van der Waals surface area contributed by atoms with Gasteiger partial charge in [-0.25, -0.2) is 4.39 Å². The molecule has 1 atom stereocenters. The van der Waals surface area contributed by atoms with Crippen molar-refractivity contribution < 1.29 is 9.18 Å². The number of amides is 1. The maximum atomic E-state index is 13.5. The third-order valence-corrected chi connectivity index (χ3v) is 3.59. The molecule has 0 saturated heterocycles. The number of alkyl halides is 1. The molecule has 1 unspecified atom stereocenters. The lowest BCUT2D eigenvalue weighted by Gasteiger charge is -2.16. The number of hydrogen-bond donors (Lipinski definition) is 1. The summed E-state index contributed by atoms with van der Waals surface area (Å²) in [6.45, 7) is 1.99. The number of carbonyl (C=O) groups is 1. The van der Waals surface area contributed by atoms with E-state index in [0.29, 0.717) is 4.47 Å². The molecule has 1 aromatic carbocycles. The van der Waals surface area contributed by atoms with Gasteiger partial charge in [0.2, 0.25) is 0 Å². The van der Waals surface area contributed by atoms with Crippen LogP contribution in [0.2, 0.25) is 0 Å². The molecule has 1 amide bonds. The molecule has 1 rings (SSSR count). The van der Waals surface area contributed by atoms with Crippen molar-refractivity contribution in [1.82, 2.24) is 5.32 Å². The van der Waals surface area contributed by atoms with Crippen molar-refractivity contribution in [2.75, 3.05) is 5.33 Å². The summed E-state index contributed by atoms with van der Waals surface area (Å²) in [4.78, 5) is 11.9. The zero-order valence-electron chi connectivity index (χ0n) is 9.47. The zero-order chi connectivity index (χ0) is 12.8. The van der Waals surface area contributed by atoms with Crippen LogP contribution >= 0.6 is 31.9 Å². The average Bonchev–Trinajstić information content (AvgIpc) is 2.28. The predicted molar refractivity (Wildman–Crippen MR) is 74.1 cm³/mol. The van der Waals surface area contributed by atoms with Crippen LogP contribution in [-0.4, -0.2) is 17.3 Å². The van der Waals surface area contributed by atoms with Crippen LogP contribution in [0.15, 0.2) is 22.7 Å². The van der Waals surface area contributed by atoms with Gasteiger partial charge in [-0.3, -0.25) is 4.79 Å². The Labute approximate surface area is 117 Å². The van der Waals surface area contributed by atoms with E-state index >= 15 is 0 Å². The molecule has 94 valence electrons. The molecule has 5 heteroatoms. The Kier molecular flexibility index (Phi) is 6.12. The standard InChI is InChI=1S/C12H14Br2FNO/c1-2-8(6-7-13)16-12(17)11-9(14)4-3-5-10(11)15/h3-5,8H,2,6-7H2,1H3,(H,16,17). The highest BCUT2D eigenvalue weighted by Gasteiger charge is 2.17. The molecule has 0 aliphatic heterocycles. The SMILES string of the molecule is CCC(CCBr)NC(=O)c1c(F)cccc1Br. The topological polar surface area (TPSA) is 29.1 Å². The second kappa shape index (κ2) is 7.11. The van der Waals surface area contributed by atoms with E-state index < -0.39 is 5.82 Å². The van der Waals surface area contributed by atoms with Gasteiger partial charge in [-0.2, -0.15) is 0 Å². The van der Waals surface area contributed by atoms with Crippen LogP contribution in [-0.2, 0) is 0 Å². The lowest BCUT2D eigenvalue weighted by atomic mass is 10.1. The first-order valence-corrected chi connectivity index (χ1v) is 7.32. The Balaban J connectivity index is 2.82. The van der Waals surface area contributed by atoms with E-state index in [2.05, 4.69) is 37.2 Å². The average molecular weight is 367 g/mol. The molecule has 17 heavy (non-hydrogen) atoms. The number of hydrogen-bond acceptors (Lipinski definition) is 1. The Hall–Kier alpha value is -0.420. The fourth-order valence-electron chi connectivity index (χ4n) is 1.48. The van der Waals surface area contributed by atoms with Gasteiger partial charge in [-0.1, -0.05) is 28.9 Å². The van der Waals surface area contributed by atoms with Gasteiger partial charge in [-0.05, 0) is 40.9 Å². The monoisotopic (exact) mass is 365 g/mol. The van der Waals surface area contributed by atoms with Crippen molar-refractivity contribution >= 4 is 37.8 Å². The molecular formula is C12H14Br2FNO. The Morgan fingerprint density at radius 1 is 1.53 bits per heavy atom. The molecule has 0 spiro atoms.